The standard InChI is InChI=1S/C25H38O2/c1-7-18(4)23(26)27-16-24(5)13-8-14-25(6)21-11-9-19(17(2)3)15-20(21)10-12-22(24)25/h7,10,15,17,21-22H,8-9,11-14,16H2,1-6H3/b18-7+/t21-,22-,24-,25+/m1/s1. The van der Waals surface area contributed by atoms with Gasteiger partial charge in [0.25, 0.3) is 0 Å². The molecule has 0 bridgehead atoms. The van der Waals surface area contributed by atoms with E-state index in [1.807, 2.05) is 19.9 Å². The Hall–Kier alpha value is -1.31. The first-order valence-electron chi connectivity index (χ1n) is 10.9. The van der Waals surface area contributed by atoms with Gasteiger partial charge in [-0.1, -0.05) is 57.9 Å². The van der Waals surface area contributed by atoms with E-state index < -0.39 is 0 Å². The number of esters is 1. The van der Waals surface area contributed by atoms with Crippen molar-refractivity contribution >= 4 is 5.97 Å². The molecule has 0 amide bonds. The third-order valence-corrected chi connectivity index (χ3v) is 7.99. The lowest BCUT2D eigenvalue weighted by molar-refractivity contribution is -0.149. The van der Waals surface area contributed by atoms with Crippen molar-refractivity contribution < 1.29 is 9.53 Å². The molecule has 3 aliphatic carbocycles. The average molecular weight is 371 g/mol. The average Bonchev–Trinajstić information content (AvgIpc) is 2.64. The van der Waals surface area contributed by atoms with Crippen LogP contribution in [0.5, 0.6) is 0 Å². The quantitative estimate of drug-likeness (QED) is 0.410. The molecule has 0 aromatic carbocycles. The predicted molar refractivity (Wildman–Crippen MR) is 112 cm³/mol. The predicted octanol–water partition coefficient (Wildman–Crippen LogP) is 6.63. The maximum atomic E-state index is 12.2. The molecule has 150 valence electrons. The summed E-state index contributed by atoms with van der Waals surface area (Å²) in [5.74, 6) is 1.77. The number of hydrogen-bond acceptors (Lipinski definition) is 2. The van der Waals surface area contributed by atoms with Crippen LogP contribution < -0.4 is 0 Å². The number of hydrogen-bond donors (Lipinski definition) is 0. The topological polar surface area (TPSA) is 26.3 Å². The van der Waals surface area contributed by atoms with E-state index in [-0.39, 0.29) is 11.4 Å². The van der Waals surface area contributed by atoms with Crippen LogP contribution in [-0.4, -0.2) is 12.6 Å². The lowest BCUT2D eigenvalue weighted by Gasteiger charge is -2.58. The second-order valence-electron chi connectivity index (χ2n) is 10.0. The van der Waals surface area contributed by atoms with Crippen LogP contribution in [0.25, 0.3) is 0 Å². The Morgan fingerprint density at radius 2 is 2.07 bits per heavy atom. The Morgan fingerprint density at radius 3 is 2.74 bits per heavy atom. The molecule has 1 saturated carbocycles. The third kappa shape index (κ3) is 3.69. The van der Waals surface area contributed by atoms with Gasteiger partial charge in [-0.15, -0.1) is 0 Å². The fourth-order valence-corrected chi connectivity index (χ4v) is 6.11. The first kappa shape index (κ1) is 20.4. The van der Waals surface area contributed by atoms with Crippen molar-refractivity contribution in [1.82, 2.24) is 0 Å². The van der Waals surface area contributed by atoms with E-state index >= 15 is 0 Å². The van der Waals surface area contributed by atoms with Gasteiger partial charge in [-0.2, -0.15) is 0 Å². The fraction of sp³-hybridized carbons (Fsp3) is 0.720. The number of rotatable bonds is 4. The molecular weight excluding hydrogens is 332 g/mol. The summed E-state index contributed by atoms with van der Waals surface area (Å²) in [7, 11) is 0. The van der Waals surface area contributed by atoms with Crippen molar-refractivity contribution in [3.8, 4) is 0 Å². The molecular formula is C25H38O2. The minimum atomic E-state index is -0.153. The van der Waals surface area contributed by atoms with Gasteiger partial charge in [0.15, 0.2) is 0 Å². The molecule has 1 fully saturated rings. The number of carbonyl (C=O) groups is 1. The highest BCUT2D eigenvalue weighted by Crippen LogP contribution is 2.62. The van der Waals surface area contributed by atoms with Crippen molar-refractivity contribution in [2.75, 3.05) is 6.61 Å². The summed E-state index contributed by atoms with van der Waals surface area (Å²) >= 11 is 0. The number of fused-ring (bicyclic) bond motifs is 3. The van der Waals surface area contributed by atoms with Gasteiger partial charge in [0, 0.05) is 11.0 Å². The van der Waals surface area contributed by atoms with Crippen molar-refractivity contribution in [1.29, 1.82) is 0 Å². The van der Waals surface area contributed by atoms with Gasteiger partial charge in [0.1, 0.15) is 0 Å². The summed E-state index contributed by atoms with van der Waals surface area (Å²) in [5, 5.41) is 0. The van der Waals surface area contributed by atoms with E-state index in [9.17, 15) is 4.79 Å². The Kier molecular flexibility index (Phi) is 5.75. The van der Waals surface area contributed by atoms with Crippen LogP contribution in [-0.2, 0) is 9.53 Å². The monoisotopic (exact) mass is 370 g/mol. The minimum Gasteiger partial charge on any atom is -0.462 e. The van der Waals surface area contributed by atoms with Gasteiger partial charge in [-0.3, -0.25) is 0 Å². The number of allylic oxidation sites excluding steroid dienone is 5. The van der Waals surface area contributed by atoms with Gasteiger partial charge in [-0.05, 0) is 74.7 Å². The zero-order valence-electron chi connectivity index (χ0n) is 18.2. The smallest absolute Gasteiger partial charge is 0.333 e. The first-order chi connectivity index (χ1) is 12.7. The van der Waals surface area contributed by atoms with Crippen molar-refractivity contribution in [3.05, 3.63) is 34.9 Å². The summed E-state index contributed by atoms with van der Waals surface area (Å²) in [6.07, 6.45) is 14.2. The third-order valence-electron chi connectivity index (χ3n) is 7.99. The lowest BCUT2D eigenvalue weighted by atomic mass is 9.47. The Balaban J connectivity index is 1.83. The summed E-state index contributed by atoms with van der Waals surface area (Å²) in [5.41, 5.74) is 4.34. The SMILES string of the molecule is C/C=C(\C)C(=O)OC[C@@]1(C)CCC[C@@]2(C)[C@@H]3CCC(C(C)C)=CC3=CC[C@H]12. The van der Waals surface area contributed by atoms with Crippen LogP contribution in [0.2, 0.25) is 0 Å². The fourth-order valence-electron chi connectivity index (χ4n) is 6.11. The van der Waals surface area contributed by atoms with Gasteiger partial charge in [-0.25, -0.2) is 4.79 Å². The molecule has 0 saturated heterocycles. The Bertz CT molecular complexity index is 680. The first-order valence-corrected chi connectivity index (χ1v) is 10.9. The van der Waals surface area contributed by atoms with E-state index in [2.05, 4.69) is 39.8 Å². The highest BCUT2D eigenvalue weighted by molar-refractivity contribution is 5.87. The van der Waals surface area contributed by atoms with Crippen molar-refractivity contribution in [2.45, 2.75) is 80.1 Å². The van der Waals surface area contributed by atoms with Crippen LogP contribution in [0.15, 0.2) is 34.9 Å². The molecule has 27 heavy (non-hydrogen) atoms. The molecule has 0 spiro atoms. The second kappa shape index (κ2) is 7.60. The van der Waals surface area contributed by atoms with Crippen LogP contribution >= 0.6 is 0 Å². The lowest BCUT2D eigenvalue weighted by Crippen LogP contribution is -2.51. The summed E-state index contributed by atoms with van der Waals surface area (Å²) in [6, 6.07) is 0. The van der Waals surface area contributed by atoms with E-state index in [0.717, 1.165) is 6.42 Å². The van der Waals surface area contributed by atoms with E-state index in [1.165, 1.54) is 32.1 Å². The molecule has 0 heterocycles. The summed E-state index contributed by atoms with van der Waals surface area (Å²) < 4.78 is 5.78. The maximum Gasteiger partial charge on any atom is 0.333 e. The highest BCUT2D eigenvalue weighted by Gasteiger charge is 2.54. The highest BCUT2D eigenvalue weighted by atomic mass is 16.5. The van der Waals surface area contributed by atoms with Gasteiger partial charge < -0.3 is 4.74 Å². The zero-order valence-corrected chi connectivity index (χ0v) is 18.2. The number of ether oxygens (including phenoxy) is 1. The molecule has 0 aliphatic heterocycles. The van der Waals surface area contributed by atoms with E-state index in [1.54, 1.807) is 11.1 Å². The van der Waals surface area contributed by atoms with E-state index in [4.69, 9.17) is 4.74 Å². The zero-order chi connectivity index (χ0) is 19.8. The van der Waals surface area contributed by atoms with Gasteiger partial charge >= 0.3 is 5.97 Å². The van der Waals surface area contributed by atoms with Crippen LogP contribution in [0.1, 0.15) is 80.1 Å². The largest absolute Gasteiger partial charge is 0.462 e. The maximum absolute atomic E-state index is 12.2. The van der Waals surface area contributed by atoms with Gasteiger partial charge in [0.2, 0.25) is 0 Å². The molecule has 0 N–H and O–H groups in total. The molecule has 2 heteroatoms. The molecule has 0 radical (unpaired) electrons. The molecule has 2 nitrogen and oxygen atoms in total. The van der Waals surface area contributed by atoms with Gasteiger partial charge in [0.05, 0.1) is 6.61 Å². The van der Waals surface area contributed by atoms with E-state index in [0.29, 0.717) is 35.3 Å². The van der Waals surface area contributed by atoms with Crippen molar-refractivity contribution in [3.63, 3.8) is 0 Å². The van der Waals surface area contributed by atoms with Crippen LogP contribution in [0, 0.1) is 28.6 Å². The Labute approximate surface area is 166 Å². The second-order valence-corrected chi connectivity index (χ2v) is 10.0. The minimum absolute atomic E-state index is 0.0841. The molecule has 0 aromatic rings. The molecule has 0 aromatic heterocycles. The molecule has 0 unspecified atom stereocenters. The molecule has 3 aliphatic rings. The number of carbonyl (C=O) groups excluding carboxylic acids is 1. The molecule has 3 rings (SSSR count). The van der Waals surface area contributed by atoms with Crippen LogP contribution in [0.4, 0.5) is 0 Å². The Morgan fingerprint density at radius 1 is 1.33 bits per heavy atom. The summed E-state index contributed by atoms with van der Waals surface area (Å²) in [4.78, 5) is 12.2. The molecule has 4 atom stereocenters. The normalized spacial score (nSPS) is 36.5. The summed E-state index contributed by atoms with van der Waals surface area (Å²) in [6.45, 7) is 13.8. The van der Waals surface area contributed by atoms with Crippen molar-refractivity contribution in [2.24, 2.45) is 28.6 Å². The van der Waals surface area contributed by atoms with Crippen LogP contribution in [0.3, 0.4) is 0 Å².